The molecule has 0 aromatic heterocycles. The fourth-order valence-corrected chi connectivity index (χ4v) is 2.83. The molecule has 2 aliphatic heterocycles. The van der Waals surface area contributed by atoms with Gasteiger partial charge in [0.2, 0.25) is 0 Å². The average molecular weight is 202 g/mol. The van der Waals surface area contributed by atoms with Crippen LogP contribution >= 0.6 is 0 Å². The number of hydrogen-bond acceptors (Lipinski definition) is 3. The van der Waals surface area contributed by atoms with Crippen LogP contribution in [0.2, 0.25) is 0 Å². The van der Waals surface area contributed by atoms with Crippen LogP contribution in [0.1, 0.15) is 6.92 Å². The summed E-state index contributed by atoms with van der Waals surface area (Å²) in [6.45, 7) is 3.56. The molecule has 0 N–H and O–H groups in total. The molecule has 3 heteroatoms. The predicted octanol–water partition coefficient (Wildman–Crippen LogP) is 0.825. The Hall–Kier alpha value is -1.22. The van der Waals surface area contributed by atoms with E-state index in [0.717, 1.165) is 13.1 Å². The third-order valence-corrected chi connectivity index (χ3v) is 3.64. The van der Waals surface area contributed by atoms with Crippen molar-refractivity contribution in [3.05, 3.63) is 23.8 Å². The number of nitrogens with zero attached hydrogens (tertiary/aromatic N) is 2. The highest BCUT2D eigenvalue weighted by molar-refractivity contribution is 5.92. The summed E-state index contributed by atoms with van der Waals surface area (Å²) >= 11 is 0. The Morgan fingerprint density at radius 1 is 1.53 bits per heavy atom. The lowest BCUT2D eigenvalue weighted by Crippen LogP contribution is -2.38. The van der Waals surface area contributed by atoms with Crippen molar-refractivity contribution in [3.63, 3.8) is 0 Å². The van der Waals surface area contributed by atoms with Gasteiger partial charge in [0.25, 0.3) is 0 Å². The summed E-state index contributed by atoms with van der Waals surface area (Å²) in [4.78, 5) is 18.6. The van der Waals surface area contributed by atoms with E-state index in [1.807, 2.05) is 25.3 Å². The van der Waals surface area contributed by atoms with Crippen molar-refractivity contribution < 1.29 is 4.79 Å². The van der Waals surface area contributed by atoms with Gasteiger partial charge in [-0.25, -0.2) is 0 Å². The number of allylic oxidation sites excluding steroid dienone is 2. The van der Waals surface area contributed by atoms with Crippen LogP contribution < -0.4 is 0 Å². The first-order valence-corrected chi connectivity index (χ1v) is 5.44. The Morgan fingerprint density at radius 2 is 2.40 bits per heavy atom. The summed E-state index contributed by atoms with van der Waals surface area (Å²) in [6.07, 6.45) is 8.09. The van der Waals surface area contributed by atoms with Crippen LogP contribution in [0.25, 0.3) is 0 Å². The molecule has 1 fully saturated rings. The summed E-state index contributed by atoms with van der Waals surface area (Å²) in [5.41, 5.74) is 1.29. The Bertz CT molecular complexity index is 394. The number of carbonyl (C=O) groups is 1. The van der Waals surface area contributed by atoms with Gasteiger partial charge in [-0.3, -0.25) is 14.7 Å². The summed E-state index contributed by atoms with van der Waals surface area (Å²) in [5, 5.41) is 0. The Kier molecular flexibility index (Phi) is 1.89. The van der Waals surface area contributed by atoms with Gasteiger partial charge in [0.1, 0.15) is 0 Å². The summed E-state index contributed by atoms with van der Waals surface area (Å²) < 4.78 is 0. The maximum absolute atomic E-state index is 12.0. The Balaban J connectivity index is 2.08. The molecule has 0 aromatic carbocycles. The van der Waals surface area contributed by atoms with Crippen LogP contribution in [-0.2, 0) is 4.79 Å². The maximum atomic E-state index is 12.0. The molecule has 0 spiro atoms. The largest absolute Gasteiger partial charge is 0.297 e. The number of aliphatic imine (C=N–C) groups is 1. The second kappa shape index (κ2) is 3.14. The molecular weight excluding hydrogens is 188 g/mol. The van der Waals surface area contributed by atoms with Crippen molar-refractivity contribution in [1.29, 1.82) is 0 Å². The molecule has 3 nitrogen and oxygen atoms in total. The van der Waals surface area contributed by atoms with Gasteiger partial charge in [-0.2, -0.15) is 0 Å². The molecule has 0 bridgehead atoms. The zero-order valence-electron chi connectivity index (χ0n) is 8.76. The van der Waals surface area contributed by atoms with Crippen molar-refractivity contribution >= 4 is 12.0 Å². The second-order valence-electron chi connectivity index (χ2n) is 4.40. The van der Waals surface area contributed by atoms with E-state index in [4.69, 9.17) is 0 Å². The summed E-state index contributed by atoms with van der Waals surface area (Å²) in [6, 6.07) is 0.315. The van der Waals surface area contributed by atoms with Crippen molar-refractivity contribution in [2.75, 3.05) is 13.1 Å². The lowest BCUT2D eigenvalue weighted by atomic mass is 9.88. The highest BCUT2D eigenvalue weighted by Crippen LogP contribution is 2.35. The first kappa shape index (κ1) is 9.04. The molecule has 0 amide bonds. The van der Waals surface area contributed by atoms with Gasteiger partial charge in [-0.1, -0.05) is 18.2 Å². The van der Waals surface area contributed by atoms with E-state index in [9.17, 15) is 4.79 Å². The Labute approximate surface area is 89.2 Å². The zero-order chi connectivity index (χ0) is 10.4. The molecule has 0 radical (unpaired) electrons. The standard InChI is InChI=1S/C12H14N2O/c1-8-12(15)10-4-2-3-9-7-13-5-6-14(8)11(9)10/h2-5,8,10-11H,6-7H2,1H3. The third-order valence-electron chi connectivity index (χ3n) is 3.64. The quantitative estimate of drug-likeness (QED) is 0.582. The number of Topliss-reactive ketones (excluding diaryl/α,β-unsaturated/α-hetero) is 1. The minimum absolute atomic E-state index is 0.0377. The second-order valence-corrected chi connectivity index (χ2v) is 4.40. The molecule has 3 rings (SSSR count). The minimum atomic E-state index is 0.0377. The molecule has 0 aromatic rings. The van der Waals surface area contributed by atoms with Crippen LogP contribution in [0.4, 0.5) is 0 Å². The SMILES string of the molecule is CC1C(=O)C2C=CC=C3CN=CCN1C32. The summed E-state index contributed by atoms with van der Waals surface area (Å²) in [7, 11) is 0. The zero-order valence-corrected chi connectivity index (χ0v) is 8.76. The van der Waals surface area contributed by atoms with Gasteiger partial charge in [0.05, 0.1) is 18.5 Å². The number of ketones is 1. The van der Waals surface area contributed by atoms with Crippen LogP contribution in [0, 0.1) is 5.92 Å². The van der Waals surface area contributed by atoms with Gasteiger partial charge in [-0.05, 0) is 12.5 Å². The average Bonchev–Trinajstić information content (AvgIpc) is 2.45. The van der Waals surface area contributed by atoms with E-state index >= 15 is 0 Å². The lowest BCUT2D eigenvalue weighted by Gasteiger charge is -2.28. The number of carbonyl (C=O) groups excluding carboxylic acids is 1. The molecule has 3 aliphatic rings. The number of hydrogen-bond donors (Lipinski definition) is 0. The van der Waals surface area contributed by atoms with Crippen molar-refractivity contribution in [1.82, 2.24) is 4.90 Å². The van der Waals surface area contributed by atoms with Gasteiger partial charge in [0, 0.05) is 18.8 Å². The highest BCUT2D eigenvalue weighted by atomic mass is 16.1. The monoisotopic (exact) mass is 202 g/mol. The van der Waals surface area contributed by atoms with Gasteiger partial charge in [0.15, 0.2) is 5.78 Å². The molecule has 78 valence electrons. The van der Waals surface area contributed by atoms with E-state index in [0.29, 0.717) is 5.78 Å². The van der Waals surface area contributed by atoms with Crippen molar-refractivity contribution in [2.24, 2.45) is 10.9 Å². The molecule has 1 aliphatic carbocycles. The Morgan fingerprint density at radius 3 is 3.27 bits per heavy atom. The fraction of sp³-hybridized carbons (Fsp3) is 0.500. The van der Waals surface area contributed by atoms with E-state index in [2.05, 4.69) is 16.0 Å². The molecule has 1 saturated heterocycles. The van der Waals surface area contributed by atoms with Gasteiger partial charge >= 0.3 is 0 Å². The van der Waals surface area contributed by atoms with Crippen LogP contribution in [0.5, 0.6) is 0 Å². The first-order chi connectivity index (χ1) is 7.29. The normalized spacial score (nSPS) is 38.9. The summed E-state index contributed by atoms with van der Waals surface area (Å²) in [5.74, 6) is 0.429. The molecule has 3 unspecified atom stereocenters. The smallest absolute Gasteiger partial charge is 0.158 e. The van der Waals surface area contributed by atoms with Crippen molar-refractivity contribution in [2.45, 2.75) is 19.0 Å². The molecule has 15 heavy (non-hydrogen) atoms. The maximum Gasteiger partial charge on any atom is 0.158 e. The third kappa shape index (κ3) is 1.16. The van der Waals surface area contributed by atoms with E-state index in [1.165, 1.54) is 5.57 Å². The number of rotatable bonds is 0. The van der Waals surface area contributed by atoms with Crippen molar-refractivity contribution in [3.8, 4) is 0 Å². The topological polar surface area (TPSA) is 32.7 Å². The molecular formula is C12H14N2O. The molecule has 0 saturated carbocycles. The van der Waals surface area contributed by atoms with E-state index < -0.39 is 0 Å². The highest BCUT2D eigenvalue weighted by Gasteiger charge is 2.46. The fourth-order valence-electron chi connectivity index (χ4n) is 2.83. The van der Waals surface area contributed by atoms with E-state index in [1.54, 1.807) is 0 Å². The van der Waals surface area contributed by atoms with E-state index in [-0.39, 0.29) is 18.0 Å². The lowest BCUT2D eigenvalue weighted by molar-refractivity contribution is -0.121. The van der Waals surface area contributed by atoms with Gasteiger partial charge in [-0.15, -0.1) is 0 Å². The minimum Gasteiger partial charge on any atom is -0.297 e. The molecule has 3 atom stereocenters. The van der Waals surface area contributed by atoms with Crippen LogP contribution in [0.15, 0.2) is 28.8 Å². The van der Waals surface area contributed by atoms with Crippen LogP contribution in [0.3, 0.4) is 0 Å². The van der Waals surface area contributed by atoms with Crippen LogP contribution in [-0.4, -0.2) is 42.1 Å². The predicted molar refractivity (Wildman–Crippen MR) is 59.0 cm³/mol. The first-order valence-electron chi connectivity index (χ1n) is 5.44. The van der Waals surface area contributed by atoms with Gasteiger partial charge < -0.3 is 0 Å². The molecule has 2 heterocycles.